The molecule has 5 aromatic rings. The number of hydrogen-bond acceptors (Lipinski definition) is 6. The Bertz CT molecular complexity index is 1800. The van der Waals surface area contributed by atoms with Gasteiger partial charge in [-0.1, -0.05) is 48.5 Å². The maximum Gasteiger partial charge on any atom is 0.416 e. The van der Waals surface area contributed by atoms with E-state index in [-0.39, 0.29) is 24.0 Å². The normalized spacial score (nSPS) is 11.8. The predicted molar refractivity (Wildman–Crippen MR) is 155 cm³/mol. The number of rotatable bonds is 9. The average Bonchev–Trinajstić information content (AvgIpc) is 3.34. The van der Waals surface area contributed by atoms with E-state index in [2.05, 4.69) is 0 Å². The molecule has 0 amide bonds. The number of fused-ring (bicyclic) bond motifs is 1. The number of carbonyl (C=O) groups excluding carboxylic acids is 1. The fraction of sp³-hybridized carbons (Fsp3) is 0.188. The molecule has 10 heteroatoms. The zero-order valence-corrected chi connectivity index (χ0v) is 23.6. The van der Waals surface area contributed by atoms with Crippen LogP contribution in [0.25, 0.3) is 20.7 Å². The van der Waals surface area contributed by atoms with Gasteiger partial charge in [0.1, 0.15) is 10.6 Å². The number of pyridine rings is 1. The number of aromatic nitrogens is 1. The van der Waals surface area contributed by atoms with Crippen molar-refractivity contribution >= 4 is 27.5 Å². The van der Waals surface area contributed by atoms with Gasteiger partial charge in [0.25, 0.3) is 0 Å². The Morgan fingerprint density at radius 1 is 0.976 bits per heavy atom. The fourth-order valence-corrected chi connectivity index (χ4v) is 6.31. The van der Waals surface area contributed by atoms with Crippen LogP contribution in [0.3, 0.4) is 0 Å². The summed E-state index contributed by atoms with van der Waals surface area (Å²) in [7, 11) is 3.43. The van der Waals surface area contributed by atoms with Crippen molar-refractivity contribution in [3.05, 3.63) is 123 Å². The molecule has 0 spiro atoms. The second-order valence-corrected chi connectivity index (χ2v) is 10.9. The van der Waals surface area contributed by atoms with E-state index in [1.165, 1.54) is 34.1 Å². The quantitative estimate of drug-likeness (QED) is 0.217. The van der Waals surface area contributed by atoms with Crippen molar-refractivity contribution in [1.82, 2.24) is 9.47 Å². The van der Waals surface area contributed by atoms with Crippen molar-refractivity contribution in [3.63, 3.8) is 0 Å². The van der Waals surface area contributed by atoms with Crippen LogP contribution in [-0.2, 0) is 25.8 Å². The van der Waals surface area contributed by atoms with Crippen molar-refractivity contribution in [2.24, 2.45) is 0 Å². The maximum absolute atomic E-state index is 13.8. The summed E-state index contributed by atoms with van der Waals surface area (Å²) in [6, 6.07) is 22.0. The molecule has 0 aliphatic heterocycles. The molecule has 0 unspecified atom stereocenters. The van der Waals surface area contributed by atoms with Crippen molar-refractivity contribution in [1.29, 1.82) is 0 Å². The van der Waals surface area contributed by atoms with Crippen molar-refractivity contribution in [2.75, 3.05) is 14.2 Å². The molecular weight excluding hydrogens is 565 g/mol. The van der Waals surface area contributed by atoms with Crippen LogP contribution in [0.15, 0.2) is 89.9 Å². The van der Waals surface area contributed by atoms with Crippen LogP contribution in [0.1, 0.15) is 32.6 Å². The molecule has 0 saturated heterocycles. The van der Waals surface area contributed by atoms with Gasteiger partial charge in [0.2, 0.25) is 0 Å². The first-order chi connectivity index (χ1) is 20.1. The predicted octanol–water partition coefficient (Wildman–Crippen LogP) is 5.80. The van der Waals surface area contributed by atoms with Crippen molar-refractivity contribution in [3.8, 4) is 16.2 Å². The zero-order chi connectivity index (χ0) is 30.0. The molecule has 0 saturated carbocycles. The summed E-state index contributed by atoms with van der Waals surface area (Å²) in [4.78, 5) is 28.8. The number of thiophene rings is 1. The third-order valence-electron chi connectivity index (χ3n) is 6.96. The number of carboxylic acid groups (broad SMARTS) is 1. The SMILES string of the molecule is COc1ccc(-c2sc3c(c2CN(C)Cc2ccccc2)c(=O)c(C(=O)[O-])cn3Cc2ccccc2C(F)(F)F)cc1. The molecule has 3 aromatic carbocycles. The van der Waals surface area contributed by atoms with Gasteiger partial charge in [-0.3, -0.25) is 9.69 Å². The monoisotopic (exact) mass is 591 g/mol. The Kier molecular flexibility index (Phi) is 8.20. The lowest BCUT2D eigenvalue weighted by Gasteiger charge is -2.18. The standard InChI is InChI=1S/C32H27F3N2O4S/c1-36(16-20-8-4-3-5-9-20)18-24-27-28(38)25(31(39)40)19-37(17-22-10-6-7-11-26(22)32(33,34)35)30(27)42-29(24)21-12-14-23(41-2)15-13-21/h3-15,19H,16-18H2,1-2H3,(H,39,40)/p-1. The number of halogens is 3. The molecule has 2 heterocycles. The Hall–Kier alpha value is -4.41. The summed E-state index contributed by atoms with van der Waals surface area (Å²) in [6.07, 6.45) is -3.53. The Morgan fingerprint density at radius 3 is 2.29 bits per heavy atom. The highest BCUT2D eigenvalue weighted by atomic mass is 32.1. The summed E-state index contributed by atoms with van der Waals surface area (Å²) < 4.78 is 48.2. The van der Waals surface area contributed by atoms with E-state index in [1.807, 2.05) is 54.4 Å². The van der Waals surface area contributed by atoms with Crippen LogP contribution in [-0.4, -0.2) is 29.6 Å². The molecule has 0 N–H and O–H groups in total. The fourth-order valence-electron chi connectivity index (χ4n) is 5.02. The third-order valence-corrected chi connectivity index (χ3v) is 8.28. The lowest BCUT2D eigenvalue weighted by atomic mass is 10.0. The van der Waals surface area contributed by atoms with Gasteiger partial charge in [-0.25, -0.2) is 0 Å². The maximum atomic E-state index is 13.8. The van der Waals surface area contributed by atoms with Crippen LogP contribution < -0.4 is 15.3 Å². The van der Waals surface area contributed by atoms with Crippen LogP contribution in [0, 0.1) is 0 Å². The van der Waals surface area contributed by atoms with E-state index < -0.39 is 28.7 Å². The van der Waals surface area contributed by atoms with Gasteiger partial charge in [0.15, 0.2) is 5.43 Å². The lowest BCUT2D eigenvalue weighted by molar-refractivity contribution is -0.255. The molecule has 5 rings (SSSR count). The number of carboxylic acids is 1. The highest BCUT2D eigenvalue weighted by molar-refractivity contribution is 7.22. The first kappa shape index (κ1) is 29.1. The van der Waals surface area contributed by atoms with Gasteiger partial charge in [-0.05, 0) is 59.6 Å². The van der Waals surface area contributed by atoms with Crippen LogP contribution >= 0.6 is 11.3 Å². The third kappa shape index (κ3) is 5.95. The van der Waals surface area contributed by atoms with Crippen LogP contribution in [0.4, 0.5) is 13.2 Å². The van der Waals surface area contributed by atoms with Gasteiger partial charge in [-0.2, -0.15) is 13.2 Å². The van der Waals surface area contributed by atoms with Crippen molar-refractivity contribution < 1.29 is 27.8 Å². The van der Waals surface area contributed by atoms with E-state index in [9.17, 15) is 27.9 Å². The van der Waals surface area contributed by atoms with Gasteiger partial charge in [-0.15, -0.1) is 11.3 Å². The molecule has 0 fully saturated rings. The van der Waals surface area contributed by atoms with E-state index in [4.69, 9.17) is 4.74 Å². The number of aromatic carboxylic acids is 1. The number of benzene rings is 3. The zero-order valence-electron chi connectivity index (χ0n) is 22.8. The largest absolute Gasteiger partial charge is 0.545 e. The molecule has 0 aliphatic carbocycles. The molecule has 0 aliphatic rings. The van der Waals surface area contributed by atoms with Gasteiger partial charge < -0.3 is 19.2 Å². The minimum atomic E-state index is -4.61. The second kappa shape index (κ2) is 11.8. The molecule has 0 atom stereocenters. The molecule has 0 radical (unpaired) electrons. The molecule has 6 nitrogen and oxygen atoms in total. The van der Waals surface area contributed by atoms with Gasteiger partial charge in [0.05, 0.1) is 29.6 Å². The number of ether oxygens (including phenoxy) is 1. The smallest absolute Gasteiger partial charge is 0.416 e. The van der Waals surface area contributed by atoms with E-state index in [0.717, 1.165) is 23.4 Å². The molecule has 2 aromatic heterocycles. The summed E-state index contributed by atoms with van der Waals surface area (Å²) in [5, 5.41) is 12.2. The van der Waals surface area contributed by atoms with Gasteiger partial charge in [0, 0.05) is 30.7 Å². The summed E-state index contributed by atoms with van der Waals surface area (Å²) in [6.45, 7) is 0.531. The van der Waals surface area contributed by atoms with E-state index in [1.54, 1.807) is 19.2 Å². The Morgan fingerprint density at radius 2 is 1.64 bits per heavy atom. The molecule has 42 heavy (non-hydrogen) atoms. The van der Waals surface area contributed by atoms with E-state index in [0.29, 0.717) is 27.6 Å². The molecular formula is C32H26F3N2O4S-. The number of hydrogen-bond donors (Lipinski definition) is 0. The first-order valence-electron chi connectivity index (χ1n) is 13.0. The summed E-state index contributed by atoms with van der Waals surface area (Å²) in [5.74, 6) is -1.06. The molecule has 0 bridgehead atoms. The Labute approximate surface area is 243 Å². The summed E-state index contributed by atoms with van der Waals surface area (Å²) in [5.41, 5.74) is 0.161. The topological polar surface area (TPSA) is 74.6 Å². The summed E-state index contributed by atoms with van der Waals surface area (Å²) >= 11 is 1.23. The minimum absolute atomic E-state index is 0.0543. The minimum Gasteiger partial charge on any atom is -0.545 e. The van der Waals surface area contributed by atoms with E-state index >= 15 is 0 Å². The highest BCUT2D eigenvalue weighted by Crippen LogP contribution is 2.40. The van der Waals surface area contributed by atoms with Gasteiger partial charge >= 0.3 is 6.18 Å². The molecule has 216 valence electrons. The first-order valence-corrected chi connectivity index (χ1v) is 13.8. The number of carbonyl (C=O) groups is 1. The lowest BCUT2D eigenvalue weighted by Crippen LogP contribution is -2.30. The van der Waals surface area contributed by atoms with Crippen LogP contribution in [0.5, 0.6) is 5.75 Å². The Balaban J connectivity index is 1.73. The number of alkyl halides is 3. The number of nitrogens with zero attached hydrogens (tertiary/aromatic N) is 2. The second-order valence-electron chi connectivity index (χ2n) is 9.92. The van der Waals surface area contributed by atoms with Crippen LogP contribution in [0.2, 0.25) is 0 Å². The average molecular weight is 592 g/mol. The van der Waals surface area contributed by atoms with Crippen molar-refractivity contribution in [2.45, 2.75) is 25.8 Å². The highest BCUT2D eigenvalue weighted by Gasteiger charge is 2.33. The number of methoxy groups -OCH3 is 1.